The van der Waals surface area contributed by atoms with Crippen LogP contribution >= 0.6 is 11.6 Å². The van der Waals surface area contributed by atoms with E-state index in [1.54, 1.807) is 12.1 Å². The predicted octanol–water partition coefficient (Wildman–Crippen LogP) is 3.00. The maximum Gasteiger partial charge on any atom is 0.279 e. The van der Waals surface area contributed by atoms with Crippen LogP contribution in [0.3, 0.4) is 0 Å². The molecule has 0 bridgehead atoms. The average molecular weight is 403 g/mol. The van der Waals surface area contributed by atoms with Gasteiger partial charge in [0.05, 0.1) is 6.54 Å². The Balaban J connectivity index is 1.97. The quantitative estimate of drug-likeness (QED) is 0.635. The van der Waals surface area contributed by atoms with Crippen molar-refractivity contribution in [3.8, 4) is 0 Å². The highest BCUT2D eigenvalue weighted by Gasteiger charge is 2.18. The van der Waals surface area contributed by atoms with E-state index in [4.69, 9.17) is 11.6 Å². The Bertz CT molecular complexity index is 852. The van der Waals surface area contributed by atoms with Crippen molar-refractivity contribution in [2.45, 2.75) is 34.1 Å². The van der Waals surface area contributed by atoms with Crippen molar-refractivity contribution in [2.24, 2.45) is 0 Å². The van der Waals surface area contributed by atoms with E-state index in [0.29, 0.717) is 17.3 Å². The van der Waals surface area contributed by atoms with Crippen LogP contribution in [0.15, 0.2) is 36.4 Å². The van der Waals surface area contributed by atoms with Crippen molar-refractivity contribution in [3.63, 3.8) is 0 Å². The van der Waals surface area contributed by atoms with Gasteiger partial charge in [0.1, 0.15) is 0 Å². The lowest BCUT2D eigenvalue weighted by Gasteiger charge is -2.19. The van der Waals surface area contributed by atoms with Crippen LogP contribution in [0.5, 0.6) is 0 Å². The summed E-state index contributed by atoms with van der Waals surface area (Å²) in [5.41, 5.74) is 4.68. The van der Waals surface area contributed by atoms with Crippen LogP contribution in [0.2, 0.25) is 5.02 Å². The van der Waals surface area contributed by atoms with Gasteiger partial charge in [-0.3, -0.25) is 9.59 Å². The molecule has 0 aliphatic carbocycles. The molecule has 1 atom stereocenters. The minimum Gasteiger partial charge on any atom is -0.321 e. The Morgan fingerprint density at radius 3 is 2.29 bits per heavy atom. The number of quaternary nitrogens is 1. The second-order valence-electron chi connectivity index (χ2n) is 6.98. The highest BCUT2D eigenvalue weighted by molar-refractivity contribution is 6.31. The van der Waals surface area contributed by atoms with E-state index < -0.39 is 0 Å². The number of hydrogen-bond acceptors (Lipinski definition) is 2. The molecule has 0 fully saturated rings. The van der Waals surface area contributed by atoms with E-state index in [9.17, 15) is 9.59 Å². The maximum absolute atomic E-state index is 12.6. The zero-order valence-corrected chi connectivity index (χ0v) is 17.7. The Morgan fingerprint density at radius 1 is 0.964 bits per heavy atom. The molecule has 3 N–H and O–H groups in total. The molecule has 2 aromatic rings. The van der Waals surface area contributed by atoms with E-state index in [2.05, 4.69) is 17.6 Å². The van der Waals surface area contributed by atoms with E-state index in [1.165, 1.54) is 0 Å². The number of likely N-dealkylation sites (N-methyl/N-ethyl adjacent to an activating group) is 1. The van der Waals surface area contributed by atoms with Gasteiger partial charge in [0.25, 0.3) is 11.8 Å². The highest BCUT2D eigenvalue weighted by Crippen LogP contribution is 2.21. The molecular formula is C22H29ClN3O2+. The zero-order valence-electron chi connectivity index (χ0n) is 17.0. The zero-order chi connectivity index (χ0) is 20.7. The maximum atomic E-state index is 12.6. The van der Waals surface area contributed by atoms with Gasteiger partial charge in [-0.05, 0) is 56.0 Å². The molecule has 0 saturated carbocycles. The Hall–Kier alpha value is -2.37. The normalized spacial score (nSPS) is 11.8. The fraction of sp³-hybridized carbons (Fsp3) is 0.364. The number of halogens is 1. The van der Waals surface area contributed by atoms with Crippen molar-refractivity contribution >= 4 is 34.8 Å². The molecule has 0 spiro atoms. The molecule has 0 heterocycles. The summed E-state index contributed by atoms with van der Waals surface area (Å²) in [6, 6.07) is 11.4. The summed E-state index contributed by atoms with van der Waals surface area (Å²) in [6.45, 7) is 9.04. The van der Waals surface area contributed by atoms with Crippen molar-refractivity contribution < 1.29 is 14.5 Å². The fourth-order valence-corrected chi connectivity index (χ4v) is 3.25. The van der Waals surface area contributed by atoms with Crippen LogP contribution in [0, 0.1) is 13.8 Å². The molecule has 0 aliphatic rings. The monoisotopic (exact) mass is 402 g/mol. The molecule has 0 saturated heterocycles. The van der Waals surface area contributed by atoms with Crippen molar-refractivity contribution in [2.75, 3.05) is 30.3 Å². The summed E-state index contributed by atoms with van der Waals surface area (Å²) in [5.74, 6) is -0.229. The molecule has 6 heteroatoms. The van der Waals surface area contributed by atoms with Crippen LogP contribution in [0.25, 0.3) is 0 Å². The molecule has 2 aromatic carbocycles. The lowest BCUT2D eigenvalue weighted by Crippen LogP contribution is -3.13. The van der Waals surface area contributed by atoms with Crippen LogP contribution in [0.1, 0.15) is 30.5 Å². The minimum absolute atomic E-state index is 0.0902. The topological polar surface area (TPSA) is 62.6 Å². The summed E-state index contributed by atoms with van der Waals surface area (Å²) >= 11 is 6.01. The summed E-state index contributed by atoms with van der Waals surface area (Å²) in [5, 5.41) is 6.49. The van der Waals surface area contributed by atoms with Gasteiger partial charge in [0.2, 0.25) is 0 Å². The first-order valence-electron chi connectivity index (χ1n) is 9.61. The number of carbonyl (C=O) groups is 2. The SMILES string of the molecule is CCc1cccc(C)c1NC(=O)C[NH+](CC)CC(=O)Nc1cc(Cl)ccc1C. The van der Waals surface area contributed by atoms with Gasteiger partial charge in [0.15, 0.2) is 13.1 Å². The molecule has 5 nitrogen and oxygen atoms in total. The van der Waals surface area contributed by atoms with E-state index in [1.807, 2.05) is 45.0 Å². The van der Waals surface area contributed by atoms with Crippen LogP contribution in [-0.4, -0.2) is 31.4 Å². The van der Waals surface area contributed by atoms with Crippen LogP contribution < -0.4 is 15.5 Å². The third-order valence-electron chi connectivity index (χ3n) is 4.80. The fourth-order valence-electron chi connectivity index (χ4n) is 3.08. The van der Waals surface area contributed by atoms with Crippen molar-refractivity contribution in [1.82, 2.24) is 0 Å². The first-order valence-corrected chi connectivity index (χ1v) is 9.99. The van der Waals surface area contributed by atoms with Crippen LogP contribution in [-0.2, 0) is 16.0 Å². The molecule has 2 amide bonds. The van der Waals surface area contributed by atoms with E-state index in [0.717, 1.165) is 33.7 Å². The number of benzene rings is 2. The van der Waals surface area contributed by atoms with Gasteiger partial charge in [0, 0.05) is 16.4 Å². The second kappa shape index (κ2) is 10.2. The van der Waals surface area contributed by atoms with Crippen molar-refractivity contribution in [1.29, 1.82) is 0 Å². The minimum atomic E-state index is -0.139. The Labute approximate surface area is 172 Å². The Morgan fingerprint density at radius 2 is 1.64 bits per heavy atom. The molecular weight excluding hydrogens is 374 g/mol. The van der Waals surface area contributed by atoms with Gasteiger partial charge >= 0.3 is 0 Å². The number of carbonyl (C=O) groups excluding carboxylic acids is 2. The first-order chi connectivity index (χ1) is 13.3. The molecule has 0 aliphatic heterocycles. The molecule has 28 heavy (non-hydrogen) atoms. The second-order valence-corrected chi connectivity index (χ2v) is 7.41. The van der Waals surface area contributed by atoms with Gasteiger partial charge in [-0.2, -0.15) is 0 Å². The Kier molecular flexibility index (Phi) is 8.03. The largest absolute Gasteiger partial charge is 0.321 e. The molecule has 0 aromatic heterocycles. The number of aryl methyl sites for hydroxylation is 3. The van der Waals surface area contributed by atoms with Gasteiger partial charge in [-0.1, -0.05) is 42.8 Å². The van der Waals surface area contributed by atoms with E-state index >= 15 is 0 Å². The first kappa shape index (κ1) is 21.9. The lowest BCUT2D eigenvalue weighted by atomic mass is 10.1. The molecule has 0 radical (unpaired) electrons. The highest BCUT2D eigenvalue weighted by atomic mass is 35.5. The summed E-state index contributed by atoms with van der Waals surface area (Å²) < 4.78 is 0. The third kappa shape index (κ3) is 6.08. The number of anilines is 2. The van der Waals surface area contributed by atoms with Gasteiger partial charge in [-0.15, -0.1) is 0 Å². The smallest absolute Gasteiger partial charge is 0.279 e. The van der Waals surface area contributed by atoms with Crippen LogP contribution in [0.4, 0.5) is 11.4 Å². The van der Waals surface area contributed by atoms with Crippen molar-refractivity contribution in [3.05, 3.63) is 58.1 Å². The third-order valence-corrected chi connectivity index (χ3v) is 5.03. The number of para-hydroxylation sites is 1. The average Bonchev–Trinajstić information content (AvgIpc) is 2.65. The molecule has 150 valence electrons. The summed E-state index contributed by atoms with van der Waals surface area (Å²) in [7, 11) is 0. The van der Waals surface area contributed by atoms with E-state index in [-0.39, 0.29) is 24.9 Å². The number of rotatable bonds is 8. The standard InChI is InChI=1S/C22H28ClN3O2/c1-5-17-9-7-8-16(4)22(17)25-21(28)14-26(6-2)13-20(27)24-19-12-18(23)11-10-15(19)3/h7-12H,5-6,13-14H2,1-4H3,(H,24,27)(H,25,28)/p+1. The molecule has 2 rings (SSSR count). The number of amides is 2. The molecule has 1 unspecified atom stereocenters. The summed E-state index contributed by atoms with van der Waals surface area (Å²) in [4.78, 5) is 25.9. The summed E-state index contributed by atoms with van der Waals surface area (Å²) in [6.07, 6.45) is 0.850. The van der Waals surface area contributed by atoms with Gasteiger partial charge < -0.3 is 15.5 Å². The number of hydrogen-bond donors (Lipinski definition) is 3. The lowest BCUT2D eigenvalue weighted by molar-refractivity contribution is -0.881. The number of nitrogens with one attached hydrogen (secondary N) is 3. The predicted molar refractivity (Wildman–Crippen MR) is 115 cm³/mol. The van der Waals surface area contributed by atoms with Gasteiger partial charge in [-0.25, -0.2) is 0 Å².